The average molecular weight is 478 g/mol. The van der Waals surface area contributed by atoms with E-state index in [1.807, 2.05) is 42.8 Å². The minimum atomic E-state index is 0.572. The first kappa shape index (κ1) is 22.1. The molecule has 1 aliphatic heterocycles. The van der Waals surface area contributed by atoms with Gasteiger partial charge in [0.15, 0.2) is 5.11 Å². The van der Waals surface area contributed by atoms with E-state index < -0.39 is 0 Å². The lowest BCUT2D eigenvalue weighted by Gasteiger charge is -2.35. The topological polar surface area (TPSA) is 49.5 Å². The molecular weight excluding hydrogens is 453 g/mol. The van der Waals surface area contributed by atoms with Crippen LogP contribution in [0.15, 0.2) is 41.0 Å². The average Bonchev–Trinajstić information content (AvgIpc) is 3.34. The molecule has 1 aliphatic rings. The third-order valence-corrected chi connectivity index (χ3v) is 6.51. The maximum Gasteiger partial charge on any atom is 0.173 e. The van der Waals surface area contributed by atoms with Crippen molar-refractivity contribution < 1.29 is 4.42 Å². The van der Waals surface area contributed by atoms with Crippen molar-refractivity contribution in [3.63, 3.8) is 0 Å². The highest BCUT2D eigenvalue weighted by atomic mass is 35.5. The number of hydrogen-bond acceptors (Lipinski definition) is 4. The summed E-state index contributed by atoms with van der Waals surface area (Å²) in [4.78, 5) is 4.59. The van der Waals surface area contributed by atoms with Crippen LogP contribution in [0.1, 0.15) is 22.7 Å². The van der Waals surface area contributed by atoms with E-state index in [1.54, 1.807) is 12.3 Å². The summed E-state index contributed by atoms with van der Waals surface area (Å²) in [5.74, 6) is 0.994. The lowest BCUT2D eigenvalue weighted by atomic mass is 10.2. The molecule has 9 heteroatoms. The third-order valence-electron chi connectivity index (χ3n) is 5.57. The van der Waals surface area contributed by atoms with Gasteiger partial charge in [0, 0.05) is 36.2 Å². The van der Waals surface area contributed by atoms with Gasteiger partial charge in [-0.05, 0) is 55.9 Å². The number of piperazine rings is 1. The first-order chi connectivity index (χ1) is 14.9. The zero-order chi connectivity index (χ0) is 22.0. The van der Waals surface area contributed by atoms with Crippen LogP contribution in [-0.2, 0) is 13.1 Å². The third kappa shape index (κ3) is 5.23. The van der Waals surface area contributed by atoms with Crippen molar-refractivity contribution in [2.45, 2.75) is 26.9 Å². The summed E-state index contributed by atoms with van der Waals surface area (Å²) < 4.78 is 7.40. The van der Waals surface area contributed by atoms with Crippen LogP contribution in [0.3, 0.4) is 0 Å². The molecule has 4 rings (SSSR count). The van der Waals surface area contributed by atoms with Crippen molar-refractivity contribution in [3.8, 4) is 0 Å². The summed E-state index contributed by atoms with van der Waals surface area (Å²) in [5, 5.41) is 10.1. The minimum absolute atomic E-state index is 0.572. The molecule has 1 aromatic carbocycles. The Morgan fingerprint density at radius 1 is 1.13 bits per heavy atom. The first-order valence-corrected chi connectivity index (χ1v) is 11.4. The second-order valence-electron chi connectivity index (χ2n) is 7.71. The predicted octanol–water partition coefficient (Wildman–Crippen LogP) is 4.96. The molecule has 0 unspecified atom stereocenters. The summed E-state index contributed by atoms with van der Waals surface area (Å²) in [6.45, 7) is 9.05. The SMILES string of the molecule is Cc1nn(Cc2ccc(Cl)cc2Cl)c(C)c1NC(=S)N1CCN(Cc2ccco2)CC1. The van der Waals surface area contributed by atoms with E-state index in [0.29, 0.717) is 16.6 Å². The Balaban J connectivity index is 1.37. The number of aromatic nitrogens is 2. The molecule has 164 valence electrons. The van der Waals surface area contributed by atoms with Crippen LogP contribution in [0, 0.1) is 13.8 Å². The number of hydrogen-bond donors (Lipinski definition) is 1. The molecule has 3 heterocycles. The molecule has 0 aliphatic carbocycles. The molecule has 1 fully saturated rings. The first-order valence-electron chi connectivity index (χ1n) is 10.2. The second-order valence-corrected chi connectivity index (χ2v) is 8.94. The lowest BCUT2D eigenvalue weighted by molar-refractivity contribution is 0.166. The molecule has 0 radical (unpaired) electrons. The van der Waals surface area contributed by atoms with Crippen molar-refractivity contribution >= 4 is 46.2 Å². The highest BCUT2D eigenvalue weighted by Gasteiger charge is 2.21. The van der Waals surface area contributed by atoms with Gasteiger partial charge in [-0.3, -0.25) is 9.58 Å². The highest BCUT2D eigenvalue weighted by molar-refractivity contribution is 7.80. The summed E-state index contributed by atoms with van der Waals surface area (Å²) in [6.07, 6.45) is 1.72. The van der Waals surface area contributed by atoms with Gasteiger partial charge in [-0.2, -0.15) is 5.10 Å². The van der Waals surface area contributed by atoms with E-state index in [0.717, 1.165) is 66.2 Å². The molecule has 6 nitrogen and oxygen atoms in total. The lowest BCUT2D eigenvalue weighted by Crippen LogP contribution is -2.49. The predicted molar refractivity (Wildman–Crippen MR) is 129 cm³/mol. The van der Waals surface area contributed by atoms with Gasteiger partial charge in [-0.25, -0.2) is 0 Å². The molecule has 1 N–H and O–H groups in total. The largest absolute Gasteiger partial charge is 0.468 e. The quantitative estimate of drug-likeness (QED) is 0.523. The van der Waals surface area contributed by atoms with Crippen molar-refractivity contribution in [2.24, 2.45) is 0 Å². The molecule has 0 bridgehead atoms. The number of halogens is 2. The number of benzene rings is 1. The van der Waals surface area contributed by atoms with Crippen LogP contribution in [0.25, 0.3) is 0 Å². The molecular formula is C22H25Cl2N5OS. The number of nitrogens with one attached hydrogen (secondary N) is 1. The Hall–Kier alpha value is -2.06. The van der Waals surface area contributed by atoms with Gasteiger partial charge in [-0.15, -0.1) is 0 Å². The fraction of sp³-hybridized carbons (Fsp3) is 0.364. The standard InChI is InChI=1S/C22H25Cl2N5OS/c1-15-21(16(2)29(26-15)13-17-5-6-18(23)12-20(17)24)25-22(31)28-9-7-27(8-10-28)14-19-4-3-11-30-19/h3-6,11-12H,7-10,13-14H2,1-2H3,(H,25,31). The molecule has 0 spiro atoms. The van der Waals surface area contributed by atoms with E-state index in [9.17, 15) is 0 Å². The van der Waals surface area contributed by atoms with E-state index >= 15 is 0 Å². The molecule has 3 aromatic rings. The number of thiocarbonyl (C=S) groups is 1. The van der Waals surface area contributed by atoms with Crippen molar-refractivity contribution in [2.75, 3.05) is 31.5 Å². The van der Waals surface area contributed by atoms with Crippen LogP contribution < -0.4 is 5.32 Å². The zero-order valence-corrected chi connectivity index (χ0v) is 19.9. The van der Waals surface area contributed by atoms with Crippen molar-refractivity contribution in [1.82, 2.24) is 19.6 Å². The Morgan fingerprint density at radius 3 is 2.58 bits per heavy atom. The Morgan fingerprint density at radius 2 is 1.90 bits per heavy atom. The van der Waals surface area contributed by atoms with Gasteiger partial charge in [-0.1, -0.05) is 29.3 Å². The van der Waals surface area contributed by atoms with Crippen molar-refractivity contribution in [1.29, 1.82) is 0 Å². The molecule has 0 atom stereocenters. The van der Waals surface area contributed by atoms with Gasteiger partial charge < -0.3 is 14.6 Å². The maximum atomic E-state index is 6.34. The van der Waals surface area contributed by atoms with Crippen molar-refractivity contribution in [3.05, 3.63) is 69.4 Å². The molecule has 0 saturated carbocycles. The number of rotatable bonds is 5. The van der Waals surface area contributed by atoms with Gasteiger partial charge in [0.05, 0.1) is 36.4 Å². The van der Waals surface area contributed by atoms with Crippen LogP contribution in [0.5, 0.6) is 0 Å². The molecule has 1 saturated heterocycles. The highest BCUT2D eigenvalue weighted by Crippen LogP contribution is 2.25. The smallest absolute Gasteiger partial charge is 0.173 e. The summed E-state index contributed by atoms with van der Waals surface area (Å²) in [5.41, 5.74) is 3.84. The number of aryl methyl sites for hydroxylation is 1. The zero-order valence-electron chi connectivity index (χ0n) is 17.6. The van der Waals surface area contributed by atoms with E-state index in [1.165, 1.54) is 0 Å². The Kier molecular flexibility index (Phi) is 6.86. The molecule has 0 amide bonds. The van der Waals surface area contributed by atoms with Gasteiger partial charge in [0.25, 0.3) is 0 Å². The number of anilines is 1. The summed E-state index contributed by atoms with van der Waals surface area (Å²) in [7, 11) is 0. The fourth-order valence-corrected chi connectivity index (χ4v) is 4.51. The van der Waals surface area contributed by atoms with Crippen LogP contribution in [0.2, 0.25) is 10.0 Å². The van der Waals surface area contributed by atoms with Gasteiger partial charge in [0.2, 0.25) is 0 Å². The second kappa shape index (κ2) is 9.61. The fourth-order valence-electron chi connectivity index (χ4n) is 3.76. The van der Waals surface area contributed by atoms with Gasteiger partial charge >= 0.3 is 0 Å². The maximum absolute atomic E-state index is 6.34. The van der Waals surface area contributed by atoms with Crippen LogP contribution >= 0.6 is 35.4 Å². The Bertz CT molecular complexity index is 1060. The van der Waals surface area contributed by atoms with E-state index in [2.05, 4.69) is 20.2 Å². The minimum Gasteiger partial charge on any atom is -0.468 e. The van der Waals surface area contributed by atoms with E-state index in [4.69, 9.17) is 39.8 Å². The van der Waals surface area contributed by atoms with Gasteiger partial charge in [0.1, 0.15) is 5.76 Å². The van der Waals surface area contributed by atoms with Crippen LogP contribution in [-0.4, -0.2) is 50.9 Å². The normalized spacial score (nSPS) is 14.8. The summed E-state index contributed by atoms with van der Waals surface area (Å²) >= 11 is 18.1. The monoisotopic (exact) mass is 477 g/mol. The summed E-state index contributed by atoms with van der Waals surface area (Å²) in [6, 6.07) is 9.47. The number of furan rings is 1. The number of nitrogens with zero attached hydrogens (tertiary/aromatic N) is 4. The Labute approximate surface area is 197 Å². The molecule has 2 aromatic heterocycles. The van der Waals surface area contributed by atoms with E-state index in [-0.39, 0.29) is 0 Å². The van der Waals surface area contributed by atoms with Crippen LogP contribution in [0.4, 0.5) is 5.69 Å². The molecule has 31 heavy (non-hydrogen) atoms.